The van der Waals surface area contributed by atoms with Crippen molar-refractivity contribution in [1.82, 2.24) is 0 Å². The summed E-state index contributed by atoms with van der Waals surface area (Å²) in [6.07, 6.45) is 26.4. The van der Waals surface area contributed by atoms with Crippen LogP contribution >= 0.6 is 0 Å². The van der Waals surface area contributed by atoms with Crippen LogP contribution in [0.15, 0.2) is 0 Å². The summed E-state index contributed by atoms with van der Waals surface area (Å²) in [7, 11) is 0. The van der Waals surface area contributed by atoms with E-state index in [4.69, 9.17) is 0 Å². The Morgan fingerprint density at radius 2 is 0.905 bits per heavy atom. The summed E-state index contributed by atoms with van der Waals surface area (Å²) >= 11 is 0. The van der Waals surface area contributed by atoms with Crippen molar-refractivity contribution in [2.45, 2.75) is 109 Å². The SMILES string of the molecule is C1CCC(C2CCC(CCCCC3CCCC3)CC2)CC1. The van der Waals surface area contributed by atoms with Crippen LogP contribution in [0.2, 0.25) is 0 Å². The first-order chi connectivity index (χ1) is 10.4. The molecule has 122 valence electrons. The highest BCUT2D eigenvalue weighted by atomic mass is 14.3. The minimum absolute atomic E-state index is 1.11. The lowest BCUT2D eigenvalue weighted by atomic mass is 9.70. The molecule has 3 aliphatic carbocycles. The van der Waals surface area contributed by atoms with Gasteiger partial charge in [0.2, 0.25) is 0 Å². The second kappa shape index (κ2) is 8.59. The monoisotopic (exact) mass is 290 g/mol. The summed E-state index contributed by atoms with van der Waals surface area (Å²) < 4.78 is 0. The maximum Gasteiger partial charge on any atom is -0.0386 e. The third kappa shape index (κ3) is 5.00. The highest BCUT2D eigenvalue weighted by molar-refractivity contribution is 4.80. The third-order valence-electron chi connectivity index (χ3n) is 7.16. The van der Waals surface area contributed by atoms with Gasteiger partial charge in [0.1, 0.15) is 0 Å². The number of hydrogen-bond donors (Lipinski definition) is 0. The summed E-state index contributed by atoms with van der Waals surface area (Å²) in [5, 5.41) is 0. The zero-order chi connectivity index (χ0) is 14.3. The zero-order valence-electron chi connectivity index (χ0n) is 14.3. The van der Waals surface area contributed by atoms with Crippen molar-refractivity contribution in [1.29, 1.82) is 0 Å². The molecule has 3 saturated carbocycles. The standard InChI is InChI=1S/C21H38/c1-2-12-20(13-3-1)21-16-14-19(15-17-21)11-7-6-10-18-8-4-5-9-18/h18-21H,1-17H2. The first kappa shape index (κ1) is 15.9. The van der Waals surface area contributed by atoms with Crippen LogP contribution in [0.5, 0.6) is 0 Å². The van der Waals surface area contributed by atoms with E-state index in [-0.39, 0.29) is 0 Å². The minimum Gasteiger partial charge on any atom is -0.0533 e. The van der Waals surface area contributed by atoms with E-state index in [2.05, 4.69) is 0 Å². The highest BCUT2D eigenvalue weighted by Crippen LogP contribution is 2.41. The molecule has 0 radical (unpaired) electrons. The number of hydrogen-bond acceptors (Lipinski definition) is 0. The van der Waals surface area contributed by atoms with Gasteiger partial charge in [0.25, 0.3) is 0 Å². The molecule has 0 aliphatic heterocycles. The lowest BCUT2D eigenvalue weighted by Crippen LogP contribution is -2.23. The molecule has 0 heteroatoms. The molecular formula is C21H38. The van der Waals surface area contributed by atoms with Gasteiger partial charge < -0.3 is 0 Å². The van der Waals surface area contributed by atoms with Crippen LogP contribution in [-0.2, 0) is 0 Å². The molecule has 3 rings (SSSR count). The highest BCUT2D eigenvalue weighted by Gasteiger charge is 2.28. The first-order valence-electron chi connectivity index (χ1n) is 10.4. The fraction of sp³-hybridized carbons (Fsp3) is 1.00. The van der Waals surface area contributed by atoms with Crippen LogP contribution in [0.1, 0.15) is 109 Å². The van der Waals surface area contributed by atoms with Crippen LogP contribution in [0.3, 0.4) is 0 Å². The first-order valence-corrected chi connectivity index (χ1v) is 10.4. The molecule has 0 saturated heterocycles. The number of rotatable bonds is 6. The molecule has 3 fully saturated rings. The quantitative estimate of drug-likeness (QED) is 0.457. The van der Waals surface area contributed by atoms with Crippen molar-refractivity contribution in [3.63, 3.8) is 0 Å². The van der Waals surface area contributed by atoms with Crippen molar-refractivity contribution >= 4 is 0 Å². The third-order valence-corrected chi connectivity index (χ3v) is 7.16. The van der Waals surface area contributed by atoms with Gasteiger partial charge >= 0.3 is 0 Å². The fourth-order valence-corrected chi connectivity index (χ4v) is 5.72. The van der Waals surface area contributed by atoms with E-state index in [0.29, 0.717) is 0 Å². The van der Waals surface area contributed by atoms with E-state index in [0.717, 1.165) is 23.7 Å². The molecule has 0 N–H and O–H groups in total. The number of unbranched alkanes of at least 4 members (excludes halogenated alkanes) is 1. The Morgan fingerprint density at radius 1 is 0.429 bits per heavy atom. The van der Waals surface area contributed by atoms with E-state index < -0.39 is 0 Å². The Kier molecular flexibility index (Phi) is 6.49. The molecule has 3 aliphatic rings. The molecule has 0 unspecified atom stereocenters. The lowest BCUT2D eigenvalue weighted by Gasteiger charge is -2.36. The molecule has 0 spiro atoms. The average molecular weight is 291 g/mol. The molecule has 21 heavy (non-hydrogen) atoms. The normalized spacial score (nSPS) is 32.6. The van der Waals surface area contributed by atoms with Crippen molar-refractivity contribution in [3.05, 3.63) is 0 Å². The van der Waals surface area contributed by atoms with E-state index in [9.17, 15) is 0 Å². The molecule has 0 amide bonds. The average Bonchev–Trinajstić information content (AvgIpc) is 3.06. The van der Waals surface area contributed by atoms with E-state index in [1.165, 1.54) is 44.9 Å². The molecule has 0 bridgehead atoms. The van der Waals surface area contributed by atoms with Crippen LogP contribution in [-0.4, -0.2) is 0 Å². The second-order valence-corrected chi connectivity index (χ2v) is 8.61. The Bertz CT molecular complexity index is 262. The van der Waals surface area contributed by atoms with Gasteiger partial charge in [-0.15, -0.1) is 0 Å². The van der Waals surface area contributed by atoms with Gasteiger partial charge in [0, 0.05) is 0 Å². The smallest absolute Gasteiger partial charge is 0.0386 e. The maximum atomic E-state index is 1.58. The van der Waals surface area contributed by atoms with Crippen molar-refractivity contribution in [3.8, 4) is 0 Å². The van der Waals surface area contributed by atoms with E-state index in [1.54, 1.807) is 64.2 Å². The van der Waals surface area contributed by atoms with E-state index >= 15 is 0 Å². The van der Waals surface area contributed by atoms with Gasteiger partial charge in [0.05, 0.1) is 0 Å². The van der Waals surface area contributed by atoms with E-state index in [1.807, 2.05) is 0 Å². The van der Waals surface area contributed by atoms with Crippen LogP contribution in [0.25, 0.3) is 0 Å². The summed E-state index contributed by atoms with van der Waals surface area (Å²) in [5.74, 6) is 4.47. The van der Waals surface area contributed by atoms with Gasteiger partial charge in [-0.1, -0.05) is 96.3 Å². The molecule has 0 aromatic rings. The van der Waals surface area contributed by atoms with Crippen molar-refractivity contribution in [2.75, 3.05) is 0 Å². The molecule has 0 heterocycles. The Labute approximate surface area is 133 Å². The summed E-state index contributed by atoms with van der Waals surface area (Å²) in [6.45, 7) is 0. The Hall–Kier alpha value is 0. The van der Waals surface area contributed by atoms with Gasteiger partial charge in [-0.25, -0.2) is 0 Å². The lowest BCUT2D eigenvalue weighted by molar-refractivity contribution is 0.162. The summed E-state index contributed by atoms with van der Waals surface area (Å²) in [4.78, 5) is 0. The van der Waals surface area contributed by atoms with Crippen molar-refractivity contribution in [2.24, 2.45) is 23.7 Å². The Balaban J connectivity index is 1.25. The molecule has 0 aromatic heterocycles. The molecule has 0 aromatic carbocycles. The van der Waals surface area contributed by atoms with Crippen LogP contribution < -0.4 is 0 Å². The summed E-state index contributed by atoms with van der Waals surface area (Å²) in [5.41, 5.74) is 0. The largest absolute Gasteiger partial charge is 0.0533 e. The predicted octanol–water partition coefficient (Wildman–Crippen LogP) is 7.12. The Morgan fingerprint density at radius 3 is 1.52 bits per heavy atom. The molecular weight excluding hydrogens is 252 g/mol. The van der Waals surface area contributed by atoms with Gasteiger partial charge in [0.15, 0.2) is 0 Å². The maximum absolute atomic E-state index is 1.58. The summed E-state index contributed by atoms with van der Waals surface area (Å²) in [6, 6.07) is 0. The molecule has 0 atom stereocenters. The van der Waals surface area contributed by atoms with Crippen molar-refractivity contribution < 1.29 is 0 Å². The van der Waals surface area contributed by atoms with Gasteiger partial charge in [-0.2, -0.15) is 0 Å². The second-order valence-electron chi connectivity index (χ2n) is 8.61. The topological polar surface area (TPSA) is 0 Å². The van der Waals surface area contributed by atoms with Crippen LogP contribution in [0.4, 0.5) is 0 Å². The minimum atomic E-state index is 1.11. The zero-order valence-corrected chi connectivity index (χ0v) is 14.3. The van der Waals surface area contributed by atoms with Gasteiger partial charge in [-0.05, 0) is 36.5 Å². The fourth-order valence-electron chi connectivity index (χ4n) is 5.72. The predicted molar refractivity (Wildman–Crippen MR) is 92.4 cm³/mol. The molecule has 0 nitrogen and oxygen atoms in total. The van der Waals surface area contributed by atoms with Crippen LogP contribution in [0, 0.1) is 23.7 Å². The van der Waals surface area contributed by atoms with Gasteiger partial charge in [-0.3, -0.25) is 0 Å².